The Morgan fingerprint density at radius 2 is 1.70 bits per heavy atom. The minimum absolute atomic E-state index is 0.0865. The Balaban J connectivity index is 1.50. The van der Waals surface area contributed by atoms with Crippen LogP contribution >= 0.6 is 0 Å². The van der Waals surface area contributed by atoms with Gasteiger partial charge in [-0.05, 0) is 51.4 Å². The first kappa shape index (κ1) is 27.1. The van der Waals surface area contributed by atoms with Crippen LogP contribution in [0.2, 0.25) is 0 Å². The zero-order valence-electron chi connectivity index (χ0n) is 21.4. The van der Waals surface area contributed by atoms with Crippen molar-refractivity contribution in [2.45, 2.75) is 56.9 Å². The SMILES string of the molecule is CN(C)C(=O)CCCCCN1C[C@@]2(C)O[C@@](C)(C1)C1C(=O)N(c3ccc(C#N)c(C(F)(F)F)c3)C(=O)[C@H]12. The number of imide groups is 1. The Labute approximate surface area is 213 Å². The van der Waals surface area contributed by atoms with Crippen LogP contribution in [0, 0.1) is 23.2 Å². The first-order valence-corrected chi connectivity index (χ1v) is 12.3. The largest absolute Gasteiger partial charge is 0.417 e. The molecule has 37 heavy (non-hydrogen) atoms. The molecule has 3 heterocycles. The van der Waals surface area contributed by atoms with Crippen LogP contribution < -0.4 is 4.90 Å². The van der Waals surface area contributed by atoms with E-state index in [1.807, 2.05) is 0 Å². The van der Waals surface area contributed by atoms with E-state index in [1.54, 1.807) is 32.8 Å². The molecule has 0 spiro atoms. The van der Waals surface area contributed by atoms with Crippen LogP contribution in [0.15, 0.2) is 18.2 Å². The minimum Gasteiger partial charge on any atom is -0.365 e. The fourth-order valence-electron chi connectivity index (χ4n) is 6.19. The van der Waals surface area contributed by atoms with E-state index in [9.17, 15) is 27.6 Å². The number of halogens is 3. The average Bonchev–Trinajstić information content (AvgIpc) is 3.17. The quantitative estimate of drug-likeness (QED) is 0.405. The van der Waals surface area contributed by atoms with Gasteiger partial charge in [0, 0.05) is 33.6 Å². The van der Waals surface area contributed by atoms with E-state index in [1.165, 1.54) is 12.1 Å². The maximum atomic E-state index is 13.6. The Hall–Kier alpha value is -2.97. The molecular weight excluding hydrogens is 489 g/mol. The van der Waals surface area contributed by atoms with Crippen molar-refractivity contribution in [2.75, 3.05) is 38.6 Å². The van der Waals surface area contributed by atoms with E-state index in [4.69, 9.17) is 10.00 Å². The molecule has 8 nitrogen and oxygen atoms in total. The lowest BCUT2D eigenvalue weighted by Crippen LogP contribution is -2.58. The minimum atomic E-state index is -4.80. The number of likely N-dealkylation sites (tertiary alicyclic amines) is 1. The van der Waals surface area contributed by atoms with Gasteiger partial charge in [0.05, 0.1) is 45.9 Å². The van der Waals surface area contributed by atoms with Crippen molar-refractivity contribution in [1.29, 1.82) is 5.26 Å². The molecule has 4 atom stereocenters. The summed E-state index contributed by atoms with van der Waals surface area (Å²) in [6, 6.07) is 4.41. The fourth-order valence-corrected chi connectivity index (χ4v) is 6.19. The molecule has 3 saturated heterocycles. The number of unbranched alkanes of at least 4 members (excludes halogenated alkanes) is 2. The number of hydrogen-bond donors (Lipinski definition) is 0. The van der Waals surface area contributed by atoms with E-state index >= 15 is 0 Å². The highest BCUT2D eigenvalue weighted by atomic mass is 19.4. The smallest absolute Gasteiger partial charge is 0.365 e. The zero-order chi connectivity index (χ0) is 27.3. The summed E-state index contributed by atoms with van der Waals surface area (Å²) in [7, 11) is 3.45. The molecule has 1 aromatic rings. The van der Waals surface area contributed by atoms with E-state index in [-0.39, 0.29) is 11.6 Å². The molecule has 3 fully saturated rings. The molecule has 11 heteroatoms. The standard InChI is InChI=1S/C26H31F3N4O4/c1-24-14-32(11-7-5-6-8-19(34)31(3)4)15-25(2,37-24)21-20(24)22(35)33(23(21)36)17-10-9-16(13-30)18(12-17)26(27,28)29/h9-10,12,20-21H,5-8,11,14-15H2,1-4H3/t20-,21?,24+,25-/m0/s1. The van der Waals surface area contributed by atoms with Crippen molar-refractivity contribution in [3.05, 3.63) is 29.3 Å². The van der Waals surface area contributed by atoms with E-state index in [0.717, 1.165) is 36.8 Å². The van der Waals surface area contributed by atoms with Crippen molar-refractivity contribution >= 4 is 23.4 Å². The van der Waals surface area contributed by atoms with Crippen LogP contribution in [-0.4, -0.2) is 72.5 Å². The third kappa shape index (κ3) is 4.73. The lowest BCUT2D eigenvalue weighted by Gasteiger charge is -2.45. The van der Waals surface area contributed by atoms with Crippen LogP contribution in [0.25, 0.3) is 0 Å². The van der Waals surface area contributed by atoms with Gasteiger partial charge in [-0.15, -0.1) is 0 Å². The van der Waals surface area contributed by atoms with Crippen LogP contribution in [0.3, 0.4) is 0 Å². The van der Waals surface area contributed by atoms with Gasteiger partial charge in [-0.1, -0.05) is 6.42 Å². The molecule has 4 rings (SSSR count). The summed E-state index contributed by atoms with van der Waals surface area (Å²) in [6.45, 7) is 5.11. The van der Waals surface area contributed by atoms with Gasteiger partial charge < -0.3 is 9.64 Å². The molecule has 3 aliphatic rings. The Bertz CT molecular complexity index is 1130. The second-order valence-corrected chi connectivity index (χ2v) is 10.8. The molecule has 3 amide bonds. The highest BCUT2D eigenvalue weighted by Gasteiger charge is 2.71. The predicted molar refractivity (Wildman–Crippen MR) is 127 cm³/mol. The molecule has 1 aromatic carbocycles. The van der Waals surface area contributed by atoms with Crippen molar-refractivity contribution in [3.8, 4) is 6.07 Å². The van der Waals surface area contributed by atoms with E-state index in [2.05, 4.69) is 4.90 Å². The third-order valence-electron chi connectivity index (χ3n) is 7.71. The number of morpholine rings is 1. The zero-order valence-corrected chi connectivity index (χ0v) is 21.4. The number of amides is 3. The van der Waals surface area contributed by atoms with Crippen molar-refractivity contribution in [2.24, 2.45) is 11.8 Å². The number of alkyl halides is 3. The van der Waals surface area contributed by atoms with Crippen molar-refractivity contribution in [3.63, 3.8) is 0 Å². The summed E-state index contributed by atoms with van der Waals surface area (Å²) < 4.78 is 46.9. The number of hydrogen-bond acceptors (Lipinski definition) is 6. The summed E-state index contributed by atoms with van der Waals surface area (Å²) in [6.07, 6.45) is -1.83. The number of fused-ring (bicyclic) bond motifs is 5. The van der Waals surface area contributed by atoms with Gasteiger partial charge in [0.1, 0.15) is 0 Å². The van der Waals surface area contributed by atoms with Gasteiger partial charge in [0.2, 0.25) is 17.7 Å². The normalized spacial score (nSPS) is 29.4. The van der Waals surface area contributed by atoms with E-state index in [0.29, 0.717) is 25.6 Å². The second-order valence-electron chi connectivity index (χ2n) is 10.8. The molecule has 0 radical (unpaired) electrons. The molecule has 0 N–H and O–H groups in total. The predicted octanol–water partition coefficient (Wildman–Crippen LogP) is 3.19. The van der Waals surface area contributed by atoms with Gasteiger partial charge in [0.15, 0.2) is 0 Å². The number of rotatable bonds is 7. The van der Waals surface area contributed by atoms with Crippen molar-refractivity contribution in [1.82, 2.24) is 9.80 Å². The molecule has 0 aliphatic carbocycles. The molecule has 0 aromatic heterocycles. The van der Waals surface area contributed by atoms with Crippen molar-refractivity contribution < 1.29 is 32.3 Å². The molecule has 2 bridgehead atoms. The van der Waals surface area contributed by atoms with Gasteiger partial charge in [0.25, 0.3) is 0 Å². The van der Waals surface area contributed by atoms with Crippen LogP contribution in [-0.2, 0) is 25.3 Å². The van der Waals surface area contributed by atoms with E-state index < -0.39 is 52.2 Å². The number of nitrogens with zero attached hydrogens (tertiary/aromatic N) is 4. The number of carbonyl (C=O) groups excluding carboxylic acids is 3. The Kier molecular flexibility index (Phi) is 6.88. The van der Waals surface area contributed by atoms with Gasteiger partial charge in [-0.25, -0.2) is 4.90 Å². The number of ether oxygens (including phenoxy) is 1. The number of carbonyl (C=O) groups is 3. The summed E-state index contributed by atoms with van der Waals surface area (Å²) in [5.74, 6) is -2.72. The van der Waals surface area contributed by atoms with Crippen LogP contribution in [0.1, 0.15) is 50.7 Å². The van der Waals surface area contributed by atoms with Crippen LogP contribution in [0.4, 0.5) is 18.9 Å². The molecule has 1 unspecified atom stereocenters. The summed E-state index contributed by atoms with van der Waals surface area (Å²) >= 11 is 0. The maximum Gasteiger partial charge on any atom is 0.417 e. The Morgan fingerprint density at radius 3 is 2.22 bits per heavy atom. The Morgan fingerprint density at radius 1 is 1.11 bits per heavy atom. The number of benzene rings is 1. The molecular formula is C26H31F3N4O4. The third-order valence-corrected chi connectivity index (χ3v) is 7.71. The summed E-state index contributed by atoms with van der Waals surface area (Å²) in [5, 5.41) is 9.08. The highest BCUT2D eigenvalue weighted by Crippen LogP contribution is 2.55. The molecule has 200 valence electrons. The summed E-state index contributed by atoms with van der Waals surface area (Å²) in [4.78, 5) is 43.4. The monoisotopic (exact) mass is 520 g/mol. The molecule has 3 aliphatic heterocycles. The lowest BCUT2D eigenvalue weighted by molar-refractivity contribution is -0.169. The second kappa shape index (κ2) is 9.40. The lowest BCUT2D eigenvalue weighted by atomic mass is 9.79. The fraction of sp³-hybridized carbons (Fsp3) is 0.615. The van der Waals surface area contributed by atoms with Gasteiger partial charge in [-0.3, -0.25) is 19.3 Å². The maximum absolute atomic E-state index is 13.6. The first-order chi connectivity index (χ1) is 17.2. The topological polar surface area (TPSA) is 93.9 Å². The summed E-state index contributed by atoms with van der Waals surface area (Å²) in [5.41, 5.74) is -3.89. The average molecular weight is 521 g/mol. The first-order valence-electron chi connectivity index (χ1n) is 12.3. The van der Waals surface area contributed by atoms with Gasteiger partial charge >= 0.3 is 6.18 Å². The van der Waals surface area contributed by atoms with Crippen LogP contribution in [0.5, 0.6) is 0 Å². The number of nitriles is 1. The number of anilines is 1. The molecule has 0 saturated carbocycles. The highest BCUT2D eigenvalue weighted by molar-refractivity contribution is 6.23. The van der Waals surface area contributed by atoms with Gasteiger partial charge in [-0.2, -0.15) is 18.4 Å².